The first kappa shape index (κ1) is 37.4. The number of carbonyl (C=O) groups is 2. The lowest BCUT2D eigenvalue weighted by Gasteiger charge is -2.19. The minimum absolute atomic E-state index is 0.140. The first-order valence-electron chi connectivity index (χ1n) is 19.1. The lowest BCUT2D eigenvalue weighted by Crippen LogP contribution is -2.32. The van der Waals surface area contributed by atoms with Gasteiger partial charge in [-0.25, -0.2) is 0 Å². The van der Waals surface area contributed by atoms with Crippen LogP contribution in [0.15, 0.2) is 95.2 Å². The van der Waals surface area contributed by atoms with Gasteiger partial charge in [0.25, 0.3) is 11.8 Å². The van der Waals surface area contributed by atoms with Crippen molar-refractivity contribution in [2.45, 2.75) is 38.3 Å². The normalized spacial score (nSPS) is 17.8. The van der Waals surface area contributed by atoms with Crippen molar-refractivity contribution in [2.75, 3.05) is 53.0 Å². The molecule has 0 aromatic heterocycles. The van der Waals surface area contributed by atoms with Crippen molar-refractivity contribution < 1.29 is 33.3 Å². The van der Waals surface area contributed by atoms with E-state index >= 15 is 0 Å². The molecule has 0 bridgehead atoms. The molecule has 57 heavy (non-hydrogen) atoms. The molecule has 2 amide bonds. The van der Waals surface area contributed by atoms with E-state index in [4.69, 9.17) is 33.7 Å². The summed E-state index contributed by atoms with van der Waals surface area (Å²) in [6.45, 7) is 3.66. The van der Waals surface area contributed by atoms with Gasteiger partial charge in [-0.3, -0.25) is 19.6 Å². The molecule has 0 aliphatic carbocycles. The second-order valence-electron chi connectivity index (χ2n) is 14.2. The number of carbonyl (C=O) groups excluding carboxylic acids is 2. The zero-order valence-corrected chi connectivity index (χ0v) is 32.7. The summed E-state index contributed by atoms with van der Waals surface area (Å²) in [5.41, 5.74) is 7.34. The Labute approximate surface area is 332 Å². The van der Waals surface area contributed by atoms with Crippen molar-refractivity contribution in [3.05, 3.63) is 107 Å². The Balaban J connectivity index is 0.900. The van der Waals surface area contributed by atoms with Gasteiger partial charge in [-0.05, 0) is 65.6 Å². The predicted molar refractivity (Wildman–Crippen MR) is 221 cm³/mol. The molecule has 12 heteroatoms. The Morgan fingerprint density at radius 1 is 0.649 bits per heavy atom. The van der Waals surface area contributed by atoms with Gasteiger partial charge in [0, 0.05) is 75.5 Å². The zero-order valence-electron chi connectivity index (χ0n) is 32.7. The fourth-order valence-corrected chi connectivity index (χ4v) is 7.48. The Morgan fingerprint density at radius 3 is 1.56 bits per heavy atom. The van der Waals surface area contributed by atoms with Gasteiger partial charge in [0.15, 0.2) is 23.0 Å². The third-order valence-corrected chi connectivity index (χ3v) is 10.8. The van der Waals surface area contributed by atoms with Gasteiger partial charge in [0.1, 0.15) is 5.75 Å². The summed E-state index contributed by atoms with van der Waals surface area (Å²) in [6, 6.07) is 22.7. The van der Waals surface area contributed by atoms with Crippen molar-refractivity contribution in [2.24, 2.45) is 9.98 Å². The molecule has 0 saturated heterocycles. The summed E-state index contributed by atoms with van der Waals surface area (Å²) in [4.78, 5) is 42.7. The summed E-state index contributed by atoms with van der Waals surface area (Å²) in [5.74, 6) is 2.32. The largest absolute Gasteiger partial charge is 0.497 e. The van der Waals surface area contributed by atoms with Crippen molar-refractivity contribution in [1.29, 1.82) is 0 Å². The number of anilines is 1. The highest BCUT2D eigenvalue weighted by atomic mass is 16.5. The van der Waals surface area contributed by atoms with Gasteiger partial charge < -0.3 is 38.4 Å². The number of benzene rings is 4. The molecule has 0 saturated carbocycles. The van der Waals surface area contributed by atoms with Crippen molar-refractivity contribution >= 4 is 52.5 Å². The maximum Gasteiger partial charge on any atom is 0.260 e. The molecule has 1 unspecified atom stereocenters. The molecule has 2 atom stereocenters. The first-order chi connectivity index (χ1) is 27.8. The van der Waals surface area contributed by atoms with E-state index in [1.807, 2.05) is 49.1 Å². The van der Waals surface area contributed by atoms with Crippen LogP contribution in [0.25, 0.3) is 11.1 Å². The molecule has 4 aromatic rings. The molecule has 4 aromatic carbocycles. The van der Waals surface area contributed by atoms with Crippen LogP contribution in [0.5, 0.6) is 28.7 Å². The summed E-state index contributed by atoms with van der Waals surface area (Å²) >= 11 is 0. The Hall–Kier alpha value is -6.56. The second-order valence-corrected chi connectivity index (χ2v) is 14.2. The molecule has 8 rings (SSSR count). The molecule has 0 spiro atoms. The van der Waals surface area contributed by atoms with Crippen molar-refractivity contribution in [1.82, 2.24) is 9.80 Å². The molecule has 4 aliphatic rings. The van der Waals surface area contributed by atoms with Gasteiger partial charge in [-0.15, -0.1) is 0 Å². The smallest absolute Gasteiger partial charge is 0.260 e. The first-order valence-corrected chi connectivity index (χ1v) is 19.1. The van der Waals surface area contributed by atoms with Crippen LogP contribution < -0.4 is 28.6 Å². The molecule has 4 aliphatic heterocycles. The van der Waals surface area contributed by atoms with E-state index < -0.39 is 0 Å². The molecule has 0 radical (unpaired) electrons. The summed E-state index contributed by atoms with van der Waals surface area (Å²) in [5, 5.41) is 0. The van der Waals surface area contributed by atoms with E-state index in [0.29, 0.717) is 78.0 Å². The maximum absolute atomic E-state index is 13.8. The van der Waals surface area contributed by atoms with Gasteiger partial charge in [0.2, 0.25) is 0 Å². The van der Waals surface area contributed by atoms with Crippen LogP contribution in [0.4, 0.5) is 17.1 Å². The van der Waals surface area contributed by atoms with Crippen LogP contribution in [0.2, 0.25) is 0 Å². The zero-order chi connectivity index (χ0) is 39.6. The molecule has 292 valence electrons. The van der Waals surface area contributed by atoms with Crippen LogP contribution in [-0.4, -0.2) is 94.3 Å². The number of rotatable bonds is 13. The average molecular weight is 768 g/mol. The molecule has 0 N–H and O–H groups in total. The minimum atomic E-state index is -0.202. The highest BCUT2D eigenvalue weighted by Gasteiger charge is 2.35. The standard InChI is InChI=1S/C45H45N5O7/c1-6-48(2)32-12-8-28(9-13-32)30-18-33-24-46-38-22-42(40(54-4)20-36(38)44(51)49(33)26-30)56-16-7-17-57-43-23-39-37(21-41(43)55-5)45(52)50-27-31(19-34(50)25-47-39)29-10-14-35(53-3)15-11-29/h8-15,20-27,33-34H,6-7,16-19H2,1-5H3/t33-,34?/m0/s1. The highest BCUT2D eigenvalue weighted by Crippen LogP contribution is 2.42. The van der Waals surface area contributed by atoms with Crippen LogP contribution in [0, 0.1) is 0 Å². The highest BCUT2D eigenvalue weighted by molar-refractivity contribution is 6.06. The van der Waals surface area contributed by atoms with Crippen molar-refractivity contribution in [3.8, 4) is 28.7 Å². The topological polar surface area (TPSA) is 115 Å². The van der Waals surface area contributed by atoms with E-state index in [1.54, 1.807) is 55.4 Å². The molecular formula is C45H45N5O7. The number of fused-ring (bicyclic) bond motifs is 4. The van der Waals surface area contributed by atoms with E-state index in [2.05, 4.69) is 43.1 Å². The maximum atomic E-state index is 13.8. The summed E-state index contributed by atoms with van der Waals surface area (Å²) in [7, 11) is 6.80. The number of aliphatic imine (C=N–C) groups is 2. The molecule has 0 fully saturated rings. The van der Waals surface area contributed by atoms with Gasteiger partial charge in [-0.1, -0.05) is 24.3 Å². The van der Waals surface area contributed by atoms with Gasteiger partial charge in [-0.2, -0.15) is 0 Å². The summed E-state index contributed by atoms with van der Waals surface area (Å²) < 4.78 is 28.9. The van der Waals surface area contributed by atoms with Crippen molar-refractivity contribution in [3.63, 3.8) is 0 Å². The number of ether oxygens (including phenoxy) is 5. The fourth-order valence-electron chi connectivity index (χ4n) is 7.48. The lowest BCUT2D eigenvalue weighted by atomic mass is 10.0. The average Bonchev–Trinajstić information content (AvgIpc) is 3.83. The molecule has 12 nitrogen and oxygen atoms in total. The van der Waals surface area contributed by atoms with E-state index in [1.165, 1.54) is 0 Å². The summed E-state index contributed by atoms with van der Waals surface area (Å²) in [6.07, 6.45) is 9.34. The van der Waals surface area contributed by atoms with Gasteiger partial charge in [0.05, 0.1) is 69.1 Å². The number of hydrogen-bond donors (Lipinski definition) is 0. The Bertz CT molecular complexity index is 2320. The number of amides is 2. The van der Waals surface area contributed by atoms with E-state index in [9.17, 15) is 9.59 Å². The number of methoxy groups -OCH3 is 3. The number of nitrogens with zero attached hydrogens (tertiary/aromatic N) is 5. The predicted octanol–water partition coefficient (Wildman–Crippen LogP) is 7.96. The van der Waals surface area contributed by atoms with Crippen LogP contribution in [0.1, 0.15) is 58.0 Å². The monoisotopic (exact) mass is 767 g/mol. The Kier molecular flexibility index (Phi) is 10.4. The van der Waals surface area contributed by atoms with Crippen LogP contribution in [0.3, 0.4) is 0 Å². The van der Waals surface area contributed by atoms with Gasteiger partial charge >= 0.3 is 0 Å². The quantitative estimate of drug-likeness (QED) is 0.126. The second kappa shape index (κ2) is 15.9. The molecular weight excluding hydrogens is 723 g/mol. The Morgan fingerprint density at radius 2 is 1.12 bits per heavy atom. The minimum Gasteiger partial charge on any atom is -0.497 e. The third-order valence-electron chi connectivity index (χ3n) is 10.8. The fraction of sp³-hybridized carbons (Fsp3) is 0.289. The van der Waals surface area contributed by atoms with E-state index in [0.717, 1.165) is 40.3 Å². The third kappa shape index (κ3) is 7.30. The van der Waals surface area contributed by atoms with Crippen LogP contribution >= 0.6 is 0 Å². The lowest BCUT2D eigenvalue weighted by molar-refractivity contribution is 0.0809. The number of hydrogen-bond acceptors (Lipinski definition) is 10. The van der Waals surface area contributed by atoms with Crippen LogP contribution in [-0.2, 0) is 0 Å². The SMILES string of the molecule is CCN(C)c1ccc(C2=CN3C(=O)c4cc(OC)c(OCCCOc5cc6c(cc5OC)C(=O)N5C=C(c7ccc(OC)cc7)CC5C=N6)cc4N=C[C@@H]3C2)cc1. The molecule has 4 heterocycles. The van der Waals surface area contributed by atoms with E-state index in [-0.39, 0.29) is 23.9 Å².